The minimum Gasteiger partial charge on any atom is -0.369 e. The number of sulfone groups is 1. The minimum atomic E-state index is -2.93. The summed E-state index contributed by atoms with van der Waals surface area (Å²) in [5.74, 6) is 0.308. The first-order valence-electron chi connectivity index (χ1n) is 8.74. The van der Waals surface area contributed by atoms with Crippen LogP contribution in [0, 0.1) is 0 Å². The zero-order valence-corrected chi connectivity index (χ0v) is 15.4. The molecule has 1 saturated heterocycles. The molecule has 2 aliphatic rings. The van der Waals surface area contributed by atoms with E-state index in [1.807, 2.05) is 42.3 Å². The van der Waals surface area contributed by atoms with Crippen LogP contribution in [0.5, 0.6) is 0 Å². The molecule has 1 aromatic carbocycles. The third-order valence-electron chi connectivity index (χ3n) is 5.26. The smallest absolute Gasteiger partial charge is 0.276 e. The van der Waals surface area contributed by atoms with Gasteiger partial charge in [0.25, 0.3) is 5.91 Å². The summed E-state index contributed by atoms with van der Waals surface area (Å²) in [4.78, 5) is 20.9. The molecule has 1 amide bonds. The molecule has 4 rings (SSSR count). The lowest BCUT2D eigenvalue weighted by molar-refractivity contribution is 0.0984. The Hall–Kier alpha value is -2.41. The molecule has 26 heavy (non-hydrogen) atoms. The van der Waals surface area contributed by atoms with E-state index in [1.54, 1.807) is 17.2 Å². The second kappa shape index (κ2) is 6.39. The molecule has 6 nitrogen and oxygen atoms in total. The Morgan fingerprint density at radius 3 is 2.73 bits per heavy atom. The number of fused-ring (bicyclic) bond motifs is 1. The van der Waals surface area contributed by atoms with E-state index in [9.17, 15) is 13.2 Å². The molecule has 136 valence electrons. The van der Waals surface area contributed by atoms with Crippen LogP contribution in [0.4, 0.5) is 11.4 Å². The van der Waals surface area contributed by atoms with E-state index >= 15 is 0 Å². The van der Waals surface area contributed by atoms with Crippen LogP contribution in [-0.4, -0.2) is 50.4 Å². The van der Waals surface area contributed by atoms with Gasteiger partial charge in [-0.05, 0) is 36.6 Å². The van der Waals surface area contributed by atoms with E-state index in [0.29, 0.717) is 18.7 Å². The number of hydrogen-bond donors (Lipinski definition) is 0. The Kier molecular flexibility index (Phi) is 4.19. The molecule has 7 heteroatoms. The summed E-state index contributed by atoms with van der Waals surface area (Å²) in [7, 11) is -1.06. The third kappa shape index (κ3) is 3.07. The Morgan fingerprint density at radius 1 is 1.23 bits per heavy atom. The van der Waals surface area contributed by atoms with Crippen molar-refractivity contribution >= 4 is 27.1 Å². The van der Waals surface area contributed by atoms with Crippen molar-refractivity contribution in [3.63, 3.8) is 0 Å². The summed E-state index contributed by atoms with van der Waals surface area (Å²) < 4.78 is 23.4. The van der Waals surface area contributed by atoms with Crippen molar-refractivity contribution in [2.45, 2.75) is 18.9 Å². The highest BCUT2D eigenvalue weighted by atomic mass is 32.2. The molecule has 0 bridgehead atoms. The number of carbonyl (C=O) groups is 1. The molecule has 1 aromatic heterocycles. The molecule has 0 aliphatic carbocycles. The van der Waals surface area contributed by atoms with E-state index in [1.165, 1.54) is 5.56 Å². The molecule has 1 fully saturated rings. The van der Waals surface area contributed by atoms with Gasteiger partial charge in [-0.15, -0.1) is 0 Å². The first-order valence-corrected chi connectivity index (χ1v) is 10.6. The molecule has 0 spiro atoms. The number of anilines is 2. The van der Waals surface area contributed by atoms with Gasteiger partial charge in [0.15, 0.2) is 9.84 Å². The van der Waals surface area contributed by atoms with Crippen molar-refractivity contribution in [3.8, 4) is 0 Å². The molecule has 1 unspecified atom stereocenters. The average molecular weight is 371 g/mol. The maximum Gasteiger partial charge on any atom is 0.276 e. The zero-order valence-electron chi connectivity index (χ0n) is 14.6. The zero-order chi connectivity index (χ0) is 18.3. The SMILES string of the molecule is CN(c1ccc(C(=O)N2CCc3ccccc32)nc1)C1CCS(=O)(=O)C1. The van der Waals surface area contributed by atoms with Gasteiger partial charge in [-0.25, -0.2) is 13.4 Å². The van der Waals surface area contributed by atoms with Crippen LogP contribution in [0.2, 0.25) is 0 Å². The topological polar surface area (TPSA) is 70.6 Å². The van der Waals surface area contributed by atoms with Crippen molar-refractivity contribution in [1.29, 1.82) is 0 Å². The van der Waals surface area contributed by atoms with Gasteiger partial charge in [-0.2, -0.15) is 0 Å². The molecule has 1 atom stereocenters. The number of nitrogens with zero attached hydrogens (tertiary/aromatic N) is 3. The van der Waals surface area contributed by atoms with E-state index in [4.69, 9.17) is 0 Å². The van der Waals surface area contributed by atoms with Crippen LogP contribution < -0.4 is 9.80 Å². The number of para-hydroxylation sites is 1. The Balaban J connectivity index is 1.51. The van der Waals surface area contributed by atoms with Gasteiger partial charge < -0.3 is 9.80 Å². The number of hydrogen-bond acceptors (Lipinski definition) is 5. The van der Waals surface area contributed by atoms with Crippen molar-refractivity contribution in [3.05, 3.63) is 53.9 Å². The summed E-state index contributed by atoms with van der Waals surface area (Å²) in [6, 6.07) is 11.5. The molecule has 0 radical (unpaired) electrons. The highest BCUT2D eigenvalue weighted by molar-refractivity contribution is 7.91. The summed E-state index contributed by atoms with van der Waals surface area (Å²) in [5, 5.41) is 0. The first kappa shape index (κ1) is 17.0. The van der Waals surface area contributed by atoms with E-state index < -0.39 is 9.84 Å². The Morgan fingerprint density at radius 2 is 2.04 bits per heavy atom. The quantitative estimate of drug-likeness (QED) is 0.824. The monoisotopic (exact) mass is 371 g/mol. The van der Waals surface area contributed by atoms with Crippen molar-refractivity contribution < 1.29 is 13.2 Å². The van der Waals surface area contributed by atoms with Gasteiger partial charge in [-0.1, -0.05) is 18.2 Å². The highest BCUT2D eigenvalue weighted by Gasteiger charge is 2.31. The summed E-state index contributed by atoms with van der Waals surface area (Å²) >= 11 is 0. The first-order chi connectivity index (χ1) is 12.4. The fraction of sp³-hybridized carbons (Fsp3) is 0.368. The van der Waals surface area contributed by atoms with Crippen LogP contribution >= 0.6 is 0 Å². The lowest BCUT2D eigenvalue weighted by Gasteiger charge is -2.25. The lowest BCUT2D eigenvalue weighted by atomic mass is 10.2. The number of carbonyl (C=O) groups excluding carboxylic acids is 1. The van der Waals surface area contributed by atoms with Gasteiger partial charge in [0.1, 0.15) is 5.69 Å². The number of amides is 1. The Bertz CT molecular complexity index is 941. The maximum atomic E-state index is 12.8. The van der Waals surface area contributed by atoms with E-state index in [2.05, 4.69) is 4.98 Å². The van der Waals surface area contributed by atoms with E-state index in [-0.39, 0.29) is 23.5 Å². The second-order valence-electron chi connectivity index (χ2n) is 6.90. The maximum absolute atomic E-state index is 12.8. The predicted octanol–water partition coefficient (Wildman–Crippen LogP) is 1.91. The third-order valence-corrected chi connectivity index (χ3v) is 7.01. The van der Waals surface area contributed by atoms with Gasteiger partial charge in [0.05, 0.1) is 23.4 Å². The normalized spacial score (nSPS) is 20.8. The largest absolute Gasteiger partial charge is 0.369 e. The number of benzene rings is 1. The molecule has 2 aliphatic heterocycles. The number of pyridine rings is 1. The fourth-order valence-corrected chi connectivity index (χ4v) is 5.47. The highest BCUT2D eigenvalue weighted by Crippen LogP contribution is 2.29. The van der Waals surface area contributed by atoms with Gasteiger partial charge in [0, 0.05) is 25.3 Å². The van der Waals surface area contributed by atoms with Crippen LogP contribution in [0.15, 0.2) is 42.6 Å². The molecule has 0 N–H and O–H groups in total. The molecule has 2 aromatic rings. The number of aromatic nitrogens is 1. The van der Waals surface area contributed by atoms with Crippen LogP contribution in [0.1, 0.15) is 22.5 Å². The predicted molar refractivity (Wildman–Crippen MR) is 102 cm³/mol. The van der Waals surface area contributed by atoms with Crippen LogP contribution in [0.25, 0.3) is 0 Å². The lowest BCUT2D eigenvalue weighted by Crippen LogP contribution is -2.33. The minimum absolute atomic E-state index is 0.0335. The van der Waals surface area contributed by atoms with E-state index in [0.717, 1.165) is 17.8 Å². The van der Waals surface area contributed by atoms with Crippen LogP contribution in [0.3, 0.4) is 0 Å². The Labute approximate surface area is 153 Å². The molecule has 3 heterocycles. The van der Waals surface area contributed by atoms with Gasteiger partial charge in [0.2, 0.25) is 0 Å². The fourth-order valence-electron chi connectivity index (χ4n) is 3.70. The molecular formula is C19H21N3O3S. The second-order valence-corrected chi connectivity index (χ2v) is 9.13. The molecular weight excluding hydrogens is 350 g/mol. The van der Waals surface area contributed by atoms with Gasteiger partial charge in [-0.3, -0.25) is 4.79 Å². The number of rotatable bonds is 3. The average Bonchev–Trinajstić information content (AvgIpc) is 3.24. The van der Waals surface area contributed by atoms with Crippen molar-refractivity contribution in [2.24, 2.45) is 0 Å². The summed E-state index contributed by atoms with van der Waals surface area (Å²) in [5.41, 5.74) is 3.36. The van der Waals surface area contributed by atoms with Crippen LogP contribution in [-0.2, 0) is 16.3 Å². The van der Waals surface area contributed by atoms with Gasteiger partial charge >= 0.3 is 0 Å². The molecule has 0 saturated carbocycles. The summed E-state index contributed by atoms with van der Waals surface area (Å²) in [6.45, 7) is 0.668. The van der Waals surface area contributed by atoms with Crippen molar-refractivity contribution in [1.82, 2.24) is 4.98 Å². The van der Waals surface area contributed by atoms with Crippen molar-refractivity contribution in [2.75, 3.05) is 34.9 Å². The summed E-state index contributed by atoms with van der Waals surface area (Å²) in [6.07, 6.45) is 3.14. The standard InChI is InChI=1S/C19H21N3O3S/c1-21(16-9-11-26(24,25)13-16)15-6-7-17(20-12-15)19(23)22-10-8-14-4-2-3-5-18(14)22/h2-7,12,16H,8-11,13H2,1H3.